The van der Waals surface area contributed by atoms with E-state index in [1.807, 2.05) is 42.5 Å². The van der Waals surface area contributed by atoms with Crippen LogP contribution in [0.4, 0.5) is 0 Å². The molecule has 2 aromatic carbocycles. The van der Waals surface area contributed by atoms with Crippen LogP contribution in [0.2, 0.25) is 0 Å². The van der Waals surface area contributed by atoms with Crippen molar-refractivity contribution in [2.24, 2.45) is 0 Å². The van der Waals surface area contributed by atoms with Gasteiger partial charge < -0.3 is 9.64 Å². The van der Waals surface area contributed by atoms with Gasteiger partial charge in [0.25, 0.3) is 5.91 Å². The zero-order chi connectivity index (χ0) is 21.9. The average Bonchev–Trinajstić information content (AvgIpc) is 2.96. The maximum atomic E-state index is 13.2. The molecule has 4 nitrogen and oxygen atoms in total. The van der Waals surface area contributed by atoms with Crippen molar-refractivity contribution < 1.29 is 14.3 Å². The lowest BCUT2D eigenvalue weighted by atomic mass is 9.86. The van der Waals surface area contributed by atoms with Gasteiger partial charge in [-0.05, 0) is 41.5 Å². The molecule has 0 bridgehead atoms. The Labute approximate surface area is 178 Å². The van der Waals surface area contributed by atoms with Crippen LogP contribution in [0.15, 0.2) is 71.4 Å². The first-order chi connectivity index (χ1) is 14.2. The number of methoxy groups -OCH3 is 1. The zero-order valence-corrected chi connectivity index (χ0v) is 18.4. The molecule has 0 unspecified atom stereocenters. The second kappa shape index (κ2) is 8.70. The summed E-state index contributed by atoms with van der Waals surface area (Å²) in [7, 11) is 1.34. The summed E-state index contributed by atoms with van der Waals surface area (Å²) in [6.45, 7) is 8.79. The molecule has 1 heterocycles. The summed E-state index contributed by atoms with van der Waals surface area (Å²) in [6.07, 6.45) is 2.50. The molecule has 0 aromatic heterocycles. The number of carbonyl (C=O) groups is 2. The first-order valence-electron chi connectivity index (χ1n) is 10.2. The smallest absolute Gasteiger partial charge is 0.340 e. The molecule has 0 radical (unpaired) electrons. The predicted octanol–water partition coefficient (Wildman–Crippen LogP) is 4.90. The summed E-state index contributed by atoms with van der Waals surface area (Å²) in [5.41, 5.74) is 4.66. The van der Waals surface area contributed by atoms with E-state index in [-0.39, 0.29) is 11.3 Å². The quantitative estimate of drug-likeness (QED) is 0.527. The normalized spacial score (nSPS) is 15.8. The van der Waals surface area contributed by atoms with E-state index in [1.54, 1.807) is 17.9 Å². The number of esters is 1. The van der Waals surface area contributed by atoms with Crippen LogP contribution < -0.4 is 0 Å². The van der Waals surface area contributed by atoms with E-state index in [0.29, 0.717) is 29.8 Å². The van der Waals surface area contributed by atoms with E-state index in [1.165, 1.54) is 12.7 Å². The van der Waals surface area contributed by atoms with E-state index in [2.05, 4.69) is 32.9 Å². The Bertz CT molecular complexity index is 993. The summed E-state index contributed by atoms with van der Waals surface area (Å²) in [5.74, 6) is -0.649. The van der Waals surface area contributed by atoms with Crippen molar-refractivity contribution in [3.63, 3.8) is 0 Å². The van der Waals surface area contributed by atoms with E-state index >= 15 is 0 Å². The zero-order valence-electron chi connectivity index (χ0n) is 18.4. The molecule has 0 aliphatic carbocycles. The lowest BCUT2D eigenvalue weighted by Crippen LogP contribution is -2.27. The molecule has 1 aliphatic heterocycles. The highest BCUT2D eigenvalue weighted by Gasteiger charge is 2.36. The van der Waals surface area contributed by atoms with Crippen LogP contribution in [-0.2, 0) is 26.2 Å². The SMILES string of the molecule is COC(=O)C1=C(C)N(CCc2ccccc2)C(=O)/C1=C\c1ccc(C(C)(C)C)cc1. The predicted molar refractivity (Wildman–Crippen MR) is 120 cm³/mol. The van der Waals surface area contributed by atoms with Crippen molar-refractivity contribution in [3.8, 4) is 0 Å². The lowest BCUT2D eigenvalue weighted by molar-refractivity contribution is -0.136. The standard InChI is InChI=1S/C26H29NO3/c1-18-23(25(29)30-5)22(17-20-11-13-21(14-12-20)26(2,3)4)24(28)27(18)16-15-19-9-7-6-8-10-19/h6-14,17H,15-16H2,1-5H3/b22-17-. The molecule has 1 aliphatic rings. The molecule has 0 saturated carbocycles. The topological polar surface area (TPSA) is 46.6 Å². The number of ether oxygens (including phenoxy) is 1. The summed E-state index contributed by atoms with van der Waals surface area (Å²) in [4.78, 5) is 27.4. The first kappa shape index (κ1) is 21.6. The maximum Gasteiger partial charge on any atom is 0.340 e. The lowest BCUT2D eigenvalue weighted by Gasteiger charge is -2.19. The van der Waals surface area contributed by atoms with E-state index < -0.39 is 5.97 Å². The number of allylic oxidation sites excluding steroid dienone is 1. The van der Waals surface area contributed by atoms with Crippen molar-refractivity contribution in [2.75, 3.05) is 13.7 Å². The summed E-state index contributed by atoms with van der Waals surface area (Å²) in [6, 6.07) is 18.1. The minimum Gasteiger partial charge on any atom is -0.465 e. The number of amides is 1. The fourth-order valence-electron chi connectivity index (χ4n) is 3.63. The Morgan fingerprint density at radius 3 is 2.23 bits per heavy atom. The Balaban J connectivity index is 1.91. The average molecular weight is 404 g/mol. The van der Waals surface area contributed by atoms with E-state index in [4.69, 9.17) is 4.74 Å². The van der Waals surface area contributed by atoms with Gasteiger partial charge in [-0.25, -0.2) is 4.79 Å². The summed E-state index contributed by atoms with van der Waals surface area (Å²) >= 11 is 0. The minimum atomic E-state index is -0.486. The van der Waals surface area contributed by atoms with Crippen molar-refractivity contribution >= 4 is 18.0 Å². The number of hydrogen-bond donors (Lipinski definition) is 0. The largest absolute Gasteiger partial charge is 0.465 e. The van der Waals surface area contributed by atoms with Crippen LogP contribution in [0, 0.1) is 0 Å². The molecule has 30 heavy (non-hydrogen) atoms. The van der Waals surface area contributed by atoms with Gasteiger partial charge in [0.1, 0.15) is 0 Å². The van der Waals surface area contributed by atoms with Crippen molar-refractivity contribution in [1.82, 2.24) is 4.90 Å². The maximum absolute atomic E-state index is 13.2. The third-order valence-corrected chi connectivity index (χ3v) is 5.46. The highest BCUT2D eigenvalue weighted by molar-refractivity contribution is 6.16. The van der Waals surface area contributed by atoms with E-state index in [9.17, 15) is 9.59 Å². The second-order valence-corrected chi connectivity index (χ2v) is 8.57. The van der Waals surface area contributed by atoms with E-state index in [0.717, 1.165) is 11.1 Å². The van der Waals surface area contributed by atoms with Gasteiger partial charge in [-0.15, -0.1) is 0 Å². The Morgan fingerprint density at radius 2 is 1.67 bits per heavy atom. The molecule has 0 saturated heterocycles. The Kier molecular flexibility index (Phi) is 6.25. The fraction of sp³-hybridized carbons (Fsp3) is 0.308. The van der Waals surface area contributed by atoms with Gasteiger partial charge in [0.2, 0.25) is 0 Å². The minimum absolute atomic E-state index is 0.0523. The molecule has 0 fully saturated rings. The summed E-state index contributed by atoms with van der Waals surface area (Å²) in [5, 5.41) is 0. The third-order valence-electron chi connectivity index (χ3n) is 5.46. The van der Waals surface area contributed by atoms with Crippen LogP contribution in [-0.4, -0.2) is 30.4 Å². The molecule has 2 aromatic rings. The molecule has 1 amide bonds. The number of carbonyl (C=O) groups excluding carboxylic acids is 2. The third kappa shape index (κ3) is 4.54. The van der Waals surface area contributed by atoms with Crippen molar-refractivity contribution in [2.45, 2.75) is 39.5 Å². The number of nitrogens with zero attached hydrogens (tertiary/aromatic N) is 1. The molecule has 0 atom stereocenters. The second-order valence-electron chi connectivity index (χ2n) is 8.57. The van der Waals surface area contributed by atoms with Gasteiger partial charge in [0.15, 0.2) is 0 Å². The van der Waals surface area contributed by atoms with Crippen LogP contribution >= 0.6 is 0 Å². The van der Waals surface area contributed by atoms with Gasteiger partial charge >= 0.3 is 5.97 Å². The van der Waals surface area contributed by atoms with Gasteiger partial charge in [0.05, 0.1) is 18.3 Å². The van der Waals surface area contributed by atoms with Gasteiger partial charge in [-0.3, -0.25) is 4.79 Å². The van der Waals surface area contributed by atoms with Gasteiger partial charge in [-0.1, -0.05) is 75.4 Å². The highest BCUT2D eigenvalue weighted by atomic mass is 16.5. The molecule has 3 rings (SSSR count). The Hall–Kier alpha value is -3.14. The van der Waals surface area contributed by atoms with Crippen molar-refractivity contribution in [1.29, 1.82) is 0 Å². The molecule has 4 heteroatoms. The van der Waals surface area contributed by atoms with Crippen LogP contribution in [0.3, 0.4) is 0 Å². The monoisotopic (exact) mass is 403 g/mol. The molecular formula is C26H29NO3. The van der Waals surface area contributed by atoms with Crippen molar-refractivity contribution in [3.05, 3.63) is 88.1 Å². The number of benzene rings is 2. The Morgan fingerprint density at radius 1 is 1.03 bits per heavy atom. The summed E-state index contributed by atoms with van der Waals surface area (Å²) < 4.78 is 4.98. The van der Waals surface area contributed by atoms with Crippen LogP contribution in [0.1, 0.15) is 44.4 Å². The van der Waals surface area contributed by atoms with Crippen LogP contribution in [0.25, 0.3) is 6.08 Å². The molecule has 0 N–H and O–H groups in total. The molecular weight excluding hydrogens is 374 g/mol. The fourth-order valence-corrected chi connectivity index (χ4v) is 3.63. The highest BCUT2D eigenvalue weighted by Crippen LogP contribution is 2.32. The van der Waals surface area contributed by atoms with Crippen LogP contribution in [0.5, 0.6) is 0 Å². The molecule has 0 spiro atoms. The van der Waals surface area contributed by atoms with Gasteiger partial charge in [-0.2, -0.15) is 0 Å². The number of hydrogen-bond acceptors (Lipinski definition) is 3. The van der Waals surface area contributed by atoms with Gasteiger partial charge in [0, 0.05) is 12.2 Å². The first-order valence-corrected chi connectivity index (χ1v) is 10.2. The number of rotatable bonds is 5. The molecule has 156 valence electrons.